The molecule has 1 amide bonds. The summed E-state index contributed by atoms with van der Waals surface area (Å²) in [5.41, 5.74) is 1.86. The fraction of sp³-hybridized carbons (Fsp3) is 0.500. The molecule has 0 radical (unpaired) electrons. The molecular weight excluding hydrogens is 288 g/mol. The van der Waals surface area contributed by atoms with Crippen LogP contribution in [0.25, 0.3) is 11.0 Å². The molecule has 120 valence electrons. The van der Waals surface area contributed by atoms with Gasteiger partial charge < -0.3 is 9.80 Å². The van der Waals surface area contributed by atoms with E-state index in [-0.39, 0.29) is 0 Å². The van der Waals surface area contributed by atoms with Crippen molar-refractivity contribution < 1.29 is 4.79 Å². The summed E-state index contributed by atoms with van der Waals surface area (Å²) >= 11 is 0. The summed E-state index contributed by atoms with van der Waals surface area (Å²) in [7, 11) is 4.02. The summed E-state index contributed by atoms with van der Waals surface area (Å²) in [5.74, 6) is 2.37. The van der Waals surface area contributed by atoms with Crippen LogP contribution in [0.2, 0.25) is 0 Å². The van der Waals surface area contributed by atoms with E-state index in [1.165, 1.54) is 0 Å². The standard InChI is InChI=1S/C18H22N4O/c1-21-11-13-8-14(7-12(13)9-18(21)23)22(2)17-10-19-15-5-3-4-6-16(15)20-17/h3-6,10,12-14H,7-9,11H2,1-2H3/t12-,13+,14-/m0/s1. The normalized spacial score (nSPS) is 27.3. The number of fused-ring (bicyclic) bond motifs is 2. The summed E-state index contributed by atoms with van der Waals surface area (Å²) in [6.45, 7) is 0.900. The first kappa shape index (κ1) is 14.4. The molecule has 1 saturated heterocycles. The fourth-order valence-electron chi connectivity index (χ4n) is 4.11. The molecule has 0 unspecified atom stereocenters. The number of rotatable bonds is 2. The van der Waals surface area contributed by atoms with Crippen molar-refractivity contribution in [3.63, 3.8) is 0 Å². The third kappa shape index (κ3) is 2.54. The maximum absolute atomic E-state index is 11.9. The summed E-state index contributed by atoms with van der Waals surface area (Å²) < 4.78 is 0. The topological polar surface area (TPSA) is 49.3 Å². The van der Waals surface area contributed by atoms with Crippen LogP contribution >= 0.6 is 0 Å². The van der Waals surface area contributed by atoms with E-state index in [0.29, 0.717) is 30.2 Å². The van der Waals surface area contributed by atoms with Gasteiger partial charge in [0.05, 0.1) is 17.2 Å². The fourth-order valence-corrected chi connectivity index (χ4v) is 4.11. The van der Waals surface area contributed by atoms with Crippen LogP contribution in [0.4, 0.5) is 5.82 Å². The van der Waals surface area contributed by atoms with E-state index in [9.17, 15) is 4.79 Å². The molecule has 3 atom stereocenters. The Morgan fingerprint density at radius 3 is 2.74 bits per heavy atom. The van der Waals surface area contributed by atoms with E-state index in [4.69, 9.17) is 4.98 Å². The second-order valence-electron chi connectivity index (χ2n) is 6.95. The molecule has 2 fully saturated rings. The van der Waals surface area contributed by atoms with Crippen LogP contribution in [0.1, 0.15) is 19.3 Å². The van der Waals surface area contributed by atoms with E-state index >= 15 is 0 Å². The second kappa shape index (κ2) is 5.48. The molecule has 2 heterocycles. The molecule has 1 aromatic carbocycles. The van der Waals surface area contributed by atoms with Gasteiger partial charge in [-0.3, -0.25) is 9.78 Å². The molecule has 0 N–H and O–H groups in total. The molecule has 4 rings (SSSR count). The van der Waals surface area contributed by atoms with Crippen LogP contribution < -0.4 is 4.90 Å². The number of benzene rings is 1. The lowest BCUT2D eigenvalue weighted by molar-refractivity contribution is -0.134. The molecule has 2 aliphatic rings. The SMILES string of the molecule is CN1C[C@H]2C[C@@H](N(C)c3cnc4ccccc4n3)C[C@H]2CC1=O. The quantitative estimate of drug-likeness (QED) is 0.854. The summed E-state index contributed by atoms with van der Waals surface area (Å²) in [6, 6.07) is 8.40. The van der Waals surface area contributed by atoms with Crippen LogP contribution in [0, 0.1) is 11.8 Å². The number of anilines is 1. The molecule has 0 spiro atoms. The maximum atomic E-state index is 11.9. The van der Waals surface area contributed by atoms with Gasteiger partial charge >= 0.3 is 0 Å². The zero-order valence-corrected chi connectivity index (χ0v) is 13.6. The van der Waals surface area contributed by atoms with Gasteiger partial charge in [-0.1, -0.05) is 12.1 Å². The highest BCUT2D eigenvalue weighted by atomic mass is 16.2. The lowest BCUT2D eigenvalue weighted by atomic mass is 9.88. The van der Waals surface area contributed by atoms with E-state index in [0.717, 1.165) is 36.2 Å². The van der Waals surface area contributed by atoms with Crippen molar-refractivity contribution in [3.05, 3.63) is 30.5 Å². The second-order valence-corrected chi connectivity index (χ2v) is 6.95. The predicted octanol–water partition coefficient (Wildman–Crippen LogP) is 2.32. The van der Waals surface area contributed by atoms with Crippen molar-refractivity contribution in [2.45, 2.75) is 25.3 Å². The van der Waals surface area contributed by atoms with E-state index in [1.54, 1.807) is 0 Å². The Bertz CT molecular complexity index is 747. The lowest BCUT2D eigenvalue weighted by Gasteiger charge is -2.31. The van der Waals surface area contributed by atoms with Gasteiger partial charge in [0.1, 0.15) is 5.82 Å². The molecule has 5 heteroatoms. The van der Waals surface area contributed by atoms with Gasteiger partial charge in [-0.05, 0) is 36.8 Å². The van der Waals surface area contributed by atoms with Gasteiger partial charge in [0.2, 0.25) is 5.91 Å². The molecule has 5 nitrogen and oxygen atoms in total. The molecule has 0 bridgehead atoms. The first-order valence-electron chi connectivity index (χ1n) is 8.30. The number of amides is 1. The Balaban J connectivity index is 1.54. The Hall–Kier alpha value is -2.17. The summed E-state index contributed by atoms with van der Waals surface area (Å²) in [6.07, 6.45) is 4.78. The number of aromatic nitrogens is 2. The van der Waals surface area contributed by atoms with Crippen molar-refractivity contribution in [1.29, 1.82) is 0 Å². The summed E-state index contributed by atoms with van der Waals surface area (Å²) in [5, 5.41) is 0. The number of hydrogen-bond donors (Lipinski definition) is 0. The van der Waals surface area contributed by atoms with Crippen molar-refractivity contribution in [1.82, 2.24) is 14.9 Å². The molecule has 1 aromatic heterocycles. The van der Waals surface area contributed by atoms with E-state index < -0.39 is 0 Å². The zero-order chi connectivity index (χ0) is 16.0. The molecule has 1 aliphatic heterocycles. The Morgan fingerprint density at radius 2 is 1.91 bits per heavy atom. The highest BCUT2D eigenvalue weighted by molar-refractivity contribution is 5.77. The monoisotopic (exact) mass is 310 g/mol. The minimum Gasteiger partial charge on any atom is -0.355 e. The van der Waals surface area contributed by atoms with Crippen molar-refractivity contribution >= 4 is 22.8 Å². The highest BCUT2D eigenvalue weighted by Crippen LogP contribution is 2.40. The number of para-hydroxylation sites is 2. The first-order chi connectivity index (χ1) is 11.1. The van der Waals surface area contributed by atoms with Gasteiger partial charge in [0, 0.05) is 33.1 Å². The predicted molar refractivity (Wildman–Crippen MR) is 90.2 cm³/mol. The molecule has 2 aromatic rings. The number of hydrogen-bond acceptors (Lipinski definition) is 4. The number of carbonyl (C=O) groups is 1. The van der Waals surface area contributed by atoms with Crippen molar-refractivity contribution in [2.75, 3.05) is 25.5 Å². The van der Waals surface area contributed by atoms with Gasteiger partial charge in [-0.2, -0.15) is 0 Å². The molecule has 1 aliphatic carbocycles. The average molecular weight is 310 g/mol. The van der Waals surface area contributed by atoms with Crippen LogP contribution in [-0.4, -0.2) is 47.5 Å². The third-order valence-electron chi connectivity index (χ3n) is 5.53. The number of nitrogens with zero attached hydrogens (tertiary/aromatic N) is 4. The molecule has 23 heavy (non-hydrogen) atoms. The first-order valence-corrected chi connectivity index (χ1v) is 8.30. The van der Waals surface area contributed by atoms with Crippen LogP contribution in [0.3, 0.4) is 0 Å². The van der Waals surface area contributed by atoms with Crippen molar-refractivity contribution in [2.24, 2.45) is 11.8 Å². The van der Waals surface area contributed by atoms with Crippen LogP contribution in [-0.2, 0) is 4.79 Å². The zero-order valence-electron chi connectivity index (χ0n) is 13.6. The number of carbonyl (C=O) groups excluding carboxylic acids is 1. The highest BCUT2D eigenvalue weighted by Gasteiger charge is 2.41. The van der Waals surface area contributed by atoms with E-state index in [1.807, 2.05) is 42.4 Å². The minimum absolute atomic E-state index is 0.292. The van der Waals surface area contributed by atoms with Gasteiger partial charge in [0.15, 0.2) is 0 Å². The maximum Gasteiger partial charge on any atom is 0.222 e. The molecule has 1 saturated carbocycles. The van der Waals surface area contributed by atoms with E-state index in [2.05, 4.69) is 16.9 Å². The smallest absolute Gasteiger partial charge is 0.222 e. The lowest BCUT2D eigenvalue weighted by Crippen LogP contribution is -2.39. The van der Waals surface area contributed by atoms with Gasteiger partial charge in [-0.15, -0.1) is 0 Å². The number of piperidine rings is 1. The summed E-state index contributed by atoms with van der Waals surface area (Å²) in [4.78, 5) is 25.3. The average Bonchev–Trinajstić information content (AvgIpc) is 2.97. The molecular formula is C18H22N4O. The van der Waals surface area contributed by atoms with Gasteiger partial charge in [-0.25, -0.2) is 4.98 Å². The van der Waals surface area contributed by atoms with Crippen LogP contribution in [0.15, 0.2) is 30.5 Å². The van der Waals surface area contributed by atoms with Gasteiger partial charge in [0.25, 0.3) is 0 Å². The number of likely N-dealkylation sites (tertiary alicyclic amines) is 1. The Morgan fingerprint density at radius 1 is 1.17 bits per heavy atom. The van der Waals surface area contributed by atoms with Crippen LogP contribution in [0.5, 0.6) is 0 Å². The van der Waals surface area contributed by atoms with Crippen molar-refractivity contribution in [3.8, 4) is 0 Å². The largest absolute Gasteiger partial charge is 0.355 e. The Kier molecular flexibility index (Phi) is 3.43. The Labute approximate surface area is 136 Å². The minimum atomic E-state index is 0.292. The third-order valence-corrected chi connectivity index (χ3v) is 5.53.